The Labute approximate surface area is 178 Å². The van der Waals surface area contributed by atoms with Crippen molar-refractivity contribution in [3.63, 3.8) is 0 Å². The third-order valence-corrected chi connectivity index (χ3v) is 5.81. The van der Waals surface area contributed by atoms with Gasteiger partial charge in [-0.3, -0.25) is 4.79 Å². The number of Topliss-reactive ketones (excluding diaryl/α,β-unsaturated/α-hetero) is 1. The van der Waals surface area contributed by atoms with Crippen molar-refractivity contribution in [2.45, 2.75) is 17.9 Å². The highest BCUT2D eigenvalue weighted by atomic mass is 32.1. The van der Waals surface area contributed by atoms with E-state index in [1.165, 1.54) is 56.3 Å². The molecule has 1 fully saturated rings. The van der Waals surface area contributed by atoms with E-state index in [-0.39, 0.29) is 27.7 Å². The lowest BCUT2D eigenvalue weighted by Gasteiger charge is -2.45. The van der Waals surface area contributed by atoms with Crippen LogP contribution in [0, 0.1) is 5.92 Å². The summed E-state index contributed by atoms with van der Waals surface area (Å²) in [5, 5.41) is 15.9. The molecule has 31 heavy (non-hydrogen) atoms. The van der Waals surface area contributed by atoms with Gasteiger partial charge in [0.25, 0.3) is 0 Å². The summed E-state index contributed by atoms with van der Waals surface area (Å²) in [4.78, 5) is 25.3. The largest absolute Gasteiger partial charge is 0.493 e. The van der Waals surface area contributed by atoms with E-state index in [1.807, 2.05) is 0 Å². The lowest BCUT2D eigenvalue weighted by atomic mass is 9.78. The summed E-state index contributed by atoms with van der Waals surface area (Å²) in [6.07, 6.45) is -5.36. The van der Waals surface area contributed by atoms with Crippen molar-refractivity contribution in [2.24, 2.45) is 5.92 Å². The molecule has 1 aromatic carbocycles. The van der Waals surface area contributed by atoms with Gasteiger partial charge in [0.2, 0.25) is 11.5 Å². The summed E-state index contributed by atoms with van der Waals surface area (Å²) in [7, 11) is 3.90. The zero-order chi connectivity index (χ0) is 23.0. The minimum Gasteiger partial charge on any atom is -0.493 e. The molecule has 1 aliphatic heterocycles. The maximum Gasteiger partial charge on any atom is 0.437 e. The topological polar surface area (TPSA) is 106 Å². The third-order valence-electron chi connectivity index (χ3n) is 4.92. The fraction of sp³-hybridized carbons (Fsp3) is 0.368. The first-order chi connectivity index (χ1) is 14.6. The Morgan fingerprint density at radius 1 is 1.13 bits per heavy atom. The van der Waals surface area contributed by atoms with E-state index in [0.29, 0.717) is 0 Å². The number of halogens is 3. The van der Waals surface area contributed by atoms with Crippen LogP contribution in [-0.2, 0) is 0 Å². The van der Waals surface area contributed by atoms with Gasteiger partial charge in [-0.05, 0) is 23.6 Å². The molecule has 3 atom stereocenters. The van der Waals surface area contributed by atoms with Gasteiger partial charge in [-0.1, -0.05) is 6.07 Å². The number of rotatable bonds is 6. The monoisotopic (exact) mass is 460 g/mol. The number of amides is 2. The fourth-order valence-corrected chi connectivity index (χ4v) is 4.24. The van der Waals surface area contributed by atoms with Crippen molar-refractivity contribution < 1.29 is 42.1 Å². The van der Waals surface area contributed by atoms with Crippen LogP contribution >= 0.6 is 11.3 Å². The number of aliphatic hydroxyl groups is 1. The van der Waals surface area contributed by atoms with Crippen LogP contribution in [0.15, 0.2) is 29.6 Å². The molecule has 3 rings (SSSR count). The van der Waals surface area contributed by atoms with Gasteiger partial charge in [-0.15, -0.1) is 11.3 Å². The number of thiophene rings is 1. The normalized spacial score (nSPS) is 23.5. The Bertz CT molecular complexity index is 982. The molecule has 1 aliphatic rings. The molecule has 0 radical (unpaired) electrons. The Hall–Kier alpha value is -2.99. The van der Waals surface area contributed by atoms with Gasteiger partial charge >= 0.3 is 12.2 Å². The maximum atomic E-state index is 14.0. The summed E-state index contributed by atoms with van der Waals surface area (Å²) >= 11 is 0.913. The van der Waals surface area contributed by atoms with Crippen molar-refractivity contribution >= 4 is 23.2 Å². The molecule has 3 N–H and O–H groups in total. The van der Waals surface area contributed by atoms with Crippen LogP contribution in [0.5, 0.6) is 17.2 Å². The second-order valence-electron chi connectivity index (χ2n) is 6.58. The van der Waals surface area contributed by atoms with Crippen LogP contribution in [0.2, 0.25) is 0 Å². The van der Waals surface area contributed by atoms with Crippen molar-refractivity contribution in [1.82, 2.24) is 10.6 Å². The fourth-order valence-electron chi connectivity index (χ4n) is 3.54. The second kappa shape index (κ2) is 8.27. The summed E-state index contributed by atoms with van der Waals surface area (Å²) in [5.41, 5.74) is -3.84. The average Bonchev–Trinajstić information content (AvgIpc) is 3.25. The van der Waals surface area contributed by atoms with Gasteiger partial charge in [0.15, 0.2) is 17.3 Å². The predicted octanol–water partition coefficient (Wildman–Crippen LogP) is 2.88. The highest BCUT2D eigenvalue weighted by Crippen LogP contribution is 2.49. The average molecular weight is 460 g/mol. The molecule has 0 aliphatic carbocycles. The first-order valence-corrected chi connectivity index (χ1v) is 9.71. The number of urea groups is 1. The molecule has 2 aromatic rings. The predicted molar refractivity (Wildman–Crippen MR) is 104 cm³/mol. The zero-order valence-corrected chi connectivity index (χ0v) is 17.4. The SMILES string of the molecule is COc1ccc([C@H]2NC(=O)N[C@@](O)(C(F)(F)F)[C@@H]2C(=O)c2cccs2)c(OC)c1OC. The molecule has 168 valence electrons. The highest BCUT2D eigenvalue weighted by Gasteiger charge is 2.66. The lowest BCUT2D eigenvalue weighted by molar-refractivity contribution is -0.287. The van der Waals surface area contributed by atoms with E-state index in [4.69, 9.17) is 14.2 Å². The number of ketones is 1. The number of carbonyl (C=O) groups is 2. The van der Waals surface area contributed by atoms with E-state index < -0.39 is 35.7 Å². The smallest absolute Gasteiger partial charge is 0.437 e. The molecule has 1 saturated heterocycles. The number of alkyl halides is 3. The van der Waals surface area contributed by atoms with Crippen LogP contribution in [0.4, 0.5) is 18.0 Å². The molecular weight excluding hydrogens is 441 g/mol. The number of methoxy groups -OCH3 is 3. The van der Waals surface area contributed by atoms with Crippen LogP contribution in [0.1, 0.15) is 21.3 Å². The first-order valence-electron chi connectivity index (χ1n) is 8.83. The Morgan fingerprint density at radius 2 is 1.81 bits per heavy atom. The maximum absolute atomic E-state index is 14.0. The molecule has 2 heterocycles. The number of hydrogen-bond acceptors (Lipinski definition) is 7. The molecular formula is C19H19F3N2O6S. The molecule has 0 unspecified atom stereocenters. The summed E-state index contributed by atoms with van der Waals surface area (Å²) in [6.45, 7) is 0. The van der Waals surface area contributed by atoms with Crippen molar-refractivity contribution in [3.05, 3.63) is 40.1 Å². The Balaban J connectivity index is 2.26. The minimum absolute atomic E-state index is 0.00687. The van der Waals surface area contributed by atoms with Gasteiger partial charge in [0, 0.05) is 5.56 Å². The zero-order valence-electron chi connectivity index (χ0n) is 16.6. The minimum atomic E-state index is -5.36. The standard InChI is InChI=1S/C19H19F3N2O6S/c1-28-10-7-6-9(15(29-2)16(10)30-3)13-12(14(25)11-5-4-8-31-11)18(27,19(20,21)22)24-17(26)23-13/h4-8,12-13,27H,1-3H3,(H2,23,24,26)/t12-,13+,18-/m0/s1. The summed E-state index contributed by atoms with van der Waals surface area (Å²) in [6, 6.07) is 2.64. The number of carbonyl (C=O) groups excluding carboxylic acids is 2. The number of nitrogens with one attached hydrogen (secondary N) is 2. The number of hydrogen-bond donors (Lipinski definition) is 3. The van der Waals surface area contributed by atoms with Crippen molar-refractivity contribution in [3.8, 4) is 17.2 Å². The molecule has 0 bridgehead atoms. The van der Waals surface area contributed by atoms with Gasteiger partial charge in [-0.2, -0.15) is 13.2 Å². The molecule has 12 heteroatoms. The van der Waals surface area contributed by atoms with E-state index in [0.717, 1.165) is 11.3 Å². The van der Waals surface area contributed by atoms with Crippen molar-refractivity contribution in [2.75, 3.05) is 21.3 Å². The van der Waals surface area contributed by atoms with Crippen LogP contribution in [-0.4, -0.2) is 50.2 Å². The van der Waals surface area contributed by atoms with Gasteiger partial charge in [0.05, 0.1) is 32.2 Å². The van der Waals surface area contributed by atoms with Crippen LogP contribution < -0.4 is 24.8 Å². The number of benzene rings is 1. The summed E-state index contributed by atoms with van der Waals surface area (Å²) < 4.78 is 57.7. The van der Waals surface area contributed by atoms with Gasteiger partial charge < -0.3 is 30.0 Å². The molecule has 0 saturated carbocycles. The molecule has 2 amide bonds. The Morgan fingerprint density at radius 3 is 2.32 bits per heavy atom. The van der Waals surface area contributed by atoms with E-state index >= 15 is 0 Å². The first kappa shape index (κ1) is 22.7. The quantitative estimate of drug-likeness (QED) is 0.573. The van der Waals surface area contributed by atoms with Crippen LogP contribution in [0.3, 0.4) is 0 Å². The van der Waals surface area contributed by atoms with E-state index in [1.54, 1.807) is 0 Å². The van der Waals surface area contributed by atoms with E-state index in [9.17, 15) is 27.9 Å². The number of ether oxygens (including phenoxy) is 3. The second-order valence-corrected chi connectivity index (χ2v) is 7.53. The highest BCUT2D eigenvalue weighted by molar-refractivity contribution is 7.12. The summed E-state index contributed by atoms with van der Waals surface area (Å²) in [5.74, 6) is -2.97. The van der Waals surface area contributed by atoms with Gasteiger partial charge in [-0.25, -0.2) is 4.79 Å². The molecule has 8 nitrogen and oxygen atoms in total. The van der Waals surface area contributed by atoms with Crippen LogP contribution in [0.25, 0.3) is 0 Å². The lowest BCUT2D eigenvalue weighted by Crippen LogP contribution is -2.72. The van der Waals surface area contributed by atoms with Gasteiger partial charge in [0.1, 0.15) is 5.92 Å². The third kappa shape index (κ3) is 3.76. The molecule has 1 aromatic heterocycles. The Kier molecular flexibility index (Phi) is 6.05. The van der Waals surface area contributed by atoms with Crippen molar-refractivity contribution in [1.29, 1.82) is 0 Å². The van der Waals surface area contributed by atoms with E-state index in [2.05, 4.69) is 5.32 Å². The molecule has 0 spiro atoms.